The minimum atomic E-state index is -0.279. The molecule has 0 saturated heterocycles. The van der Waals surface area contributed by atoms with Crippen molar-refractivity contribution in [1.29, 1.82) is 0 Å². The van der Waals surface area contributed by atoms with Crippen LogP contribution in [0.5, 0.6) is 0 Å². The molecule has 1 atom stereocenters. The lowest BCUT2D eigenvalue weighted by molar-refractivity contribution is 0.533. The van der Waals surface area contributed by atoms with Gasteiger partial charge in [0.2, 0.25) is 0 Å². The lowest BCUT2D eigenvalue weighted by Gasteiger charge is -2.16. The number of nitrogens with two attached hydrogens (primary N) is 1. The normalized spacial score (nSPS) is 12.4. The fourth-order valence-electron chi connectivity index (χ4n) is 1.88. The summed E-state index contributed by atoms with van der Waals surface area (Å²) >= 11 is 3.28. The smallest absolute Gasteiger partial charge is 0.125 e. The van der Waals surface area contributed by atoms with E-state index in [1.807, 2.05) is 13.0 Å². The molecule has 0 aliphatic carbocycles. The Balaban J connectivity index is 2.23. The maximum absolute atomic E-state index is 13.3. The van der Waals surface area contributed by atoms with Crippen LogP contribution in [0.25, 0.3) is 0 Å². The Bertz CT molecular complexity index is 556. The summed E-state index contributed by atoms with van der Waals surface area (Å²) in [5, 5.41) is 0. The summed E-state index contributed by atoms with van der Waals surface area (Å²) in [6, 6.07) is 6.38. The molecule has 4 nitrogen and oxygen atoms in total. The average Bonchev–Trinajstić information content (AvgIpc) is 2.34. The van der Waals surface area contributed by atoms with Crippen LogP contribution in [0, 0.1) is 12.7 Å². The summed E-state index contributed by atoms with van der Waals surface area (Å²) in [6.45, 7) is 1.82. The van der Waals surface area contributed by atoms with Gasteiger partial charge in [-0.3, -0.25) is 11.3 Å². The highest BCUT2D eigenvalue weighted by Gasteiger charge is 2.13. The number of hydrogen-bond donors (Lipinski definition) is 2. The van der Waals surface area contributed by atoms with Gasteiger partial charge in [0.15, 0.2) is 0 Å². The van der Waals surface area contributed by atoms with Gasteiger partial charge < -0.3 is 0 Å². The summed E-state index contributed by atoms with van der Waals surface area (Å²) in [5.41, 5.74) is 4.33. The van der Waals surface area contributed by atoms with E-state index in [4.69, 9.17) is 5.84 Å². The summed E-state index contributed by atoms with van der Waals surface area (Å²) in [6.07, 6.45) is 2.23. The number of nitrogens with zero attached hydrogens (tertiary/aromatic N) is 2. The molecule has 0 bridgehead atoms. The average molecular weight is 325 g/mol. The minimum Gasteiger partial charge on any atom is -0.271 e. The van der Waals surface area contributed by atoms with E-state index in [1.165, 1.54) is 12.1 Å². The molecule has 19 heavy (non-hydrogen) atoms. The van der Waals surface area contributed by atoms with Gasteiger partial charge in [0.25, 0.3) is 0 Å². The van der Waals surface area contributed by atoms with Crippen molar-refractivity contribution in [3.63, 3.8) is 0 Å². The van der Waals surface area contributed by atoms with Gasteiger partial charge in [0.05, 0.1) is 11.7 Å². The summed E-state index contributed by atoms with van der Waals surface area (Å²) in [7, 11) is 0. The van der Waals surface area contributed by atoms with Crippen LogP contribution in [0.4, 0.5) is 4.39 Å². The molecule has 0 saturated carbocycles. The van der Waals surface area contributed by atoms with E-state index in [2.05, 4.69) is 31.3 Å². The van der Waals surface area contributed by atoms with E-state index >= 15 is 0 Å². The minimum absolute atomic E-state index is 0.185. The standard InChI is InChI=1S/C13H14BrFN4/c1-8-17-3-2-12(18-8)13(19-16)6-9-4-10(14)7-11(15)5-9/h2-5,7,13,19H,6,16H2,1H3. The Labute approximate surface area is 119 Å². The van der Waals surface area contributed by atoms with Crippen LogP contribution in [0.15, 0.2) is 34.9 Å². The van der Waals surface area contributed by atoms with Crippen LogP contribution in [0.2, 0.25) is 0 Å². The maximum atomic E-state index is 13.3. The molecule has 1 heterocycles. The van der Waals surface area contributed by atoms with Crippen molar-refractivity contribution in [2.45, 2.75) is 19.4 Å². The van der Waals surface area contributed by atoms with Gasteiger partial charge in [-0.2, -0.15) is 0 Å². The van der Waals surface area contributed by atoms with Crippen molar-refractivity contribution >= 4 is 15.9 Å². The molecule has 100 valence electrons. The number of hydrogen-bond acceptors (Lipinski definition) is 4. The van der Waals surface area contributed by atoms with Crippen molar-refractivity contribution in [3.8, 4) is 0 Å². The second-order valence-electron chi connectivity index (χ2n) is 4.23. The number of aromatic nitrogens is 2. The molecule has 0 aliphatic heterocycles. The first kappa shape index (κ1) is 14.0. The van der Waals surface area contributed by atoms with E-state index in [1.54, 1.807) is 12.3 Å². The van der Waals surface area contributed by atoms with Crippen LogP contribution in [-0.4, -0.2) is 9.97 Å². The van der Waals surface area contributed by atoms with Gasteiger partial charge in [0, 0.05) is 10.7 Å². The summed E-state index contributed by atoms with van der Waals surface area (Å²) < 4.78 is 14.0. The molecule has 1 aromatic heterocycles. The highest BCUT2D eigenvalue weighted by molar-refractivity contribution is 9.10. The van der Waals surface area contributed by atoms with Gasteiger partial charge >= 0.3 is 0 Å². The molecule has 1 unspecified atom stereocenters. The molecule has 0 aliphatic rings. The number of aryl methyl sites for hydroxylation is 1. The van der Waals surface area contributed by atoms with Gasteiger partial charge in [-0.1, -0.05) is 15.9 Å². The fraction of sp³-hybridized carbons (Fsp3) is 0.231. The number of halogens is 2. The molecule has 6 heteroatoms. The second kappa shape index (κ2) is 6.18. The molecule has 0 amide bonds. The Morgan fingerprint density at radius 1 is 1.42 bits per heavy atom. The molecule has 2 aromatic rings. The topological polar surface area (TPSA) is 63.8 Å². The van der Waals surface area contributed by atoms with E-state index in [9.17, 15) is 4.39 Å². The van der Waals surface area contributed by atoms with Crippen molar-refractivity contribution in [1.82, 2.24) is 15.4 Å². The lowest BCUT2D eigenvalue weighted by atomic mass is 10.0. The zero-order valence-corrected chi connectivity index (χ0v) is 12.0. The highest BCUT2D eigenvalue weighted by atomic mass is 79.9. The van der Waals surface area contributed by atoms with Gasteiger partial charge in [0.1, 0.15) is 11.6 Å². The fourth-order valence-corrected chi connectivity index (χ4v) is 2.39. The van der Waals surface area contributed by atoms with Crippen LogP contribution in [0.3, 0.4) is 0 Å². The molecular formula is C13H14BrFN4. The molecule has 2 rings (SSSR count). The van der Waals surface area contributed by atoms with Crippen LogP contribution >= 0.6 is 15.9 Å². The third-order valence-corrected chi connectivity index (χ3v) is 3.18. The lowest BCUT2D eigenvalue weighted by Crippen LogP contribution is -2.30. The Morgan fingerprint density at radius 3 is 2.84 bits per heavy atom. The summed E-state index contributed by atoms with van der Waals surface area (Å²) in [4.78, 5) is 8.37. The van der Waals surface area contributed by atoms with Crippen LogP contribution < -0.4 is 11.3 Å². The van der Waals surface area contributed by atoms with Crippen molar-refractivity contribution < 1.29 is 4.39 Å². The van der Waals surface area contributed by atoms with Crippen molar-refractivity contribution in [2.24, 2.45) is 5.84 Å². The van der Waals surface area contributed by atoms with Crippen LogP contribution in [-0.2, 0) is 6.42 Å². The second-order valence-corrected chi connectivity index (χ2v) is 5.15. The first-order valence-electron chi connectivity index (χ1n) is 5.79. The predicted molar refractivity (Wildman–Crippen MR) is 74.6 cm³/mol. The number of nitrogens with one attached hydrogen (secondary N) is 1. The molecular weight excluding hydrogens is 311 g/mol. The Hall–Kier alpha value is -1.37. The first-order chi connectivity index (χ1) is 9.08. The van der Waals surface area contributed by atoms with Gasteiger partial charge in [-0.25, -0.2) is 14.4 Å². The van der Waals surface area contributed by atoms with E-state index < -0.39 is 0 Å². The molecule has 1 aromatic carbocycles. The van der Waals surface area contributed by atoms with Gasteiger partial charge in [-0.15, -0.1) is 0 Å². The van der Waals surface area contributed by atoms with E-state index in [0.717, 1.165) is 11.3 Å². The highest BCUT2D eigenvalue weighted by Crippen LogP contribution is 2.20. The third-order valence-electron chi connectivity index (χ3n) is 2.72. The van der Waals surface area contributed by atoms with Crippen molar-refractivity contribution in [2.75, 3.05) is 0 Å². The third kappa shape index (κ3) is 3.79. The zero-order valence-electron chi connectivity index (χ0n) is 10.4. The zero-order chi connectivity index (χ0) is 13.8. The van der Waals surface area contributed by atoms with Gasteiger partial charge in [-0.05, 0) is 43.2 Å². The largest absolute Gasteiger partial charge is 0.271 e. The molecule has 0 fully saturated rings. The Kier molecular flexibility index (Phi) is 4.57. The molecule has 0 spiro atoms. The number of rotatable bonds is 4. The first-order valence-corrected chi connectivity index (χ1v) is 6.58. The number of hydrazine groups is 1. The number of benzene rings is 1. The predicted octanol–water partition coefficient (Wildman–Crippen LogP) is 2.43. The Morgan fingerprint density at radius 2 is 2.21 bits per heavy atom. The quantitative estimate of drug-likeness (QED) is 0.669. The monoisotopic (exact) mass is 324 g/mol. The summed E-state index contributed by atoms with van der Waals surface area (Å²) in [5.74, 6) is 5.96. The maximum Gasteiger partial charge on any atom is 0.125 e. The van der Waals surface area contributed by atoms with E-state index in [-0.39, 0.29) is 11.9 Å². The SMILES string of the molecule is Cc1nccc(C(Cc2cc(F)cc(Br)c2)NN)n1. The molecule has 0 radical (unpaired) electrons. The van der Waals surface area contributed by atoms with Crippen molar-refractivity contribution in [3.05, 3.63) is 57.8 Å². The van der Waals surface area contributed by atoms with Crippen LogP contribution in [0.1, 0.15) is 23.1 Å². The van der Waals surface area contributed by atoms with E-state index in [0.29, 0.717) is 16.7 Å². The molecule has 3 N–H and O–H groups in total.